The molecule has 1 atom stereocenters. The van der Waals surface area contributed by atoms with Crippen LogP contribution in [-0.4, -0.2) is 40.1 Å². The molecule has 0 aliphatic rings. The van der Waals surface area contributed by atoms with Crippen molar-refractivity contribution in [1.82, 2.24) is 5.32 Å². The molecule has 0 heterocycles. The number of carbonyl (C=O) groups is 1. The quantitative estimate of drug-likeness (QED) is 0.409. The maximum Gasteiger partial charge on any atom is 0.327 e. The van der Waals surface area contributed by atoms with E-state index in [4.69, 9.17) is 14.9 Å². The zero-order chi connectivity index (χ0) is 9.07. The fraction of sp³-hybridized carbons (Fsp3) is 0.750. The van der Waals surface area contributed by atoms with E-state index >= 15 is 0 Å². The lowest BCUT2D eigenvalue weighted by Gasteiger charge is -2.11. The minimum absolute atomic E-state index is 0.682. The Hall–Kier alpha value is -0.420. The largest absolute Gasteiger partial charge is 0.480 e. The third-order valence-electron chi connectivity index (χ3n) is 1.07. The highest BCUT2D eigenvalue weighted by Crippen LogP contribution is 2.34. The number of carboxylic acid groups (broad SMARTS) is 1. The van der Waals surface area contributed by atoms with Crippen LogP contribution in [0.3, 0.4) is 0 Å². The van der Waals surface area contributed by atoms with Crippen molar-refractivity contribution in [3.63, 3.8) is 0 Å². The van der Waals surface area contributed by atoms with Gasteiger partial charge in [-0.3, -0.25) is 9.36 Å². The molecule has 0 fully saturated rings. The topological polar surface area (TPSA) is 107 Å². The number of carboxylic acids is 1. The Morgan fingerprint density at radius 3 is 2.18 bits per heavy atom. The molecule has 0 aromatic carbocycles. The van der Waals surface area contributed by atoms with Crippen molar-refractivity contribution in [3.8, 4) is 0 Å². The number of rotatable bonds is 4. The lowest BCUT2D eigenvalue weighted by molar-refractivity contribution is -0.138. The molecule has 1 unspecified atom stereocenters. The summed E-state index contributed by atoms with van der Waals surface area (Å²) >= 11 is 0. The molecule has 0 aliphatic carbocycles. The Morgan fingerprint density at radius 2 is 2.09 bits per heavy atom. The van der Waals surface area contributed by atoms with Gasteiger partial charge in [0.2, 0.25) is 0 Å². The molecule has 0 rings (SSSR count). The smallest absolute Gasteiger partial charge is 0.327 e. The van der Waals surface area contributed by atoms with Crippen LogP contribution in [0, 0.1) is 0 Å². The van der Waals surface area contributed by atoms with Crippen LogP contribution in [0.15, 0.2) is 0 Å². The molecule has 0 saturated heterocycles. The number of hydrogen-bond acceptors (Lipinski definition) is 3. The van der Waals surface area contributed by atoms with Crippen molar-refractivity contribution in [2.75, 3.05) is 13.2 Å². The van der Waals surface area contributed by atoms with Gasteiger partial charge in [0, 0.05) is 0 Å². The Labute approximate surface area is 63.4 Å². The summed E-state index contributed by atoms with van der Waals surface area (Å²) in [5.74, 6) is -1.27. The minimum atomic E-state index is -4.24. The van der Waals surface area contributed by atoms with Gasteiger partial charge in [-0.05, 0) is 7.05 Å². The summed E-state index contributed by atoms with van der Waals surface area (Å²) in [4.78, 5) is 27.0. The van der Waals surface area contributed by atoms with Gasteiger partial charge in [-0.1, -0.05) is 0 Å². The third-order valence-corrected chi connectivity index (χ3v) is 1.91. The van der Waals surface area contributed by atoms with Gasteiger partial charge in [0.15, 0.2) is 0 Å². The second-order valence-electron chi connectivity index (χ2n) is 2.03. The molecule has 0 radical (unpaired) electrons. The number of likely N-dealkylation sites (N-methyl/N-ethyl adjacent to an activating group) is 1. The molecular formula is C4H10NO5P. The fourth-order valence-corrected chi connectivity index (χ4v) is 1.35. The van der Waals surface area contributed by atoms with E-state index in [1.54, 1.807) is 0 Å². The summed E-state index contributed by atoms with van der Waals surface area (Å²) in [6.07, 6.45) is -0.682. The summed E-state index contributed by atoms with van der Waals surface area (Å²) < 4.78 is 10.3. The van der Waals surface area contributed by atoms with Crippen LogP contribution in [0.4, 0.5) is 0 Å². The fourth-order valence-electron chi connectivity index (χ4n) is 0.531. The normalized spacial score (nSPS) is 14.5. The molecule has 0 spiro atoms. The van der Waals surface area contributed by atoms with E-state index in [0.29, 0.717) is 0 Å². The lowest BCUT2D eigenvalue weighted by Crippen LogP contribution is -2.36. The summed E-state index contributed by atoms with van der Waals surface area (Å²) in [5, 5.41) is 10.6. The van der Waals surface area contributed by atoms with E-state index < -0.39 is 25.8 Å². The summed E-state index contributed by atoms with van der Waals surface area (Å²) in [7, 11) is -2.91. The predicted molar refractivity (Wildman–Crippen MR) is 37.4 cm³/mol. The predicted octanol–water partition coefficient (Wildman–Crippen LogP) is -1.16. The zero-order valence-corrected chi connectivity index (χ0v) is 6.78. The van der Waals surface area contributed by atoms with Gasteiger partial charge in [0.05, 0.1) is 6.16 Å². The molecule has 0 aromatic heterocycles. The summed E-state index contributed by atoms with van der Waals surface area (Å²) in [5.41, 5.74) is 0. The van der Waals surface area contributed by atoms with Crippen molar-refractivity contribution in [2.45, 2.75) is 6.04 Å². The first-order valence-electron chi connectivity index (χ1n) is 2.81. The van der Waals surface area contributed by atoms with Gasteiger partial charge >= 0.3 is 13.6 Å². The van der Waals surface area contributed by atoms with Crippen LogP contribution in [0.2, 0.25) is 0 Å². The van der Waals surface area contributed by atoms with E-state index in [1.165, 1.54) is 7.05 Å². The standard InChI is InChI=1S/C4H10NO5P/c1-5-3(4(6)7)2-11(8,9)10/h3,5H,2H2,1H3,(H,6,7)(H2,8,9,10). The molecule has 0 saturated carbocycles. The van der Waals surface area contributed by atoms with Crippen LogP contribution in [0.1, 0.15) is 0 Å². The highest BCUT2D eigenvalue weighted by Gasteiger charge is 2.25. The highest BCUT2D eigenvalue weighted by atomic mass is 31.2. The van der Waals surface area contributed by atoms with Gasteiger partial charge in [0.25, 0.3) is 0 Å². The SMILES string of the molecule is CNC(CP(=O)(O)O)C(=O)O. The Kier molecular flexibility index (Phi) is 3.68. The van der Waals surface area contributed by atoms with Crippen molar-refractivity contribution in [2.24, 2.45) is 0 Å². The summed E-state index contributed by atoms with van der Waals surface area (Å²) in [6, 6.07) is -1.18. The average molecular weight is 183 g/mol. The van der Waals surface area contributed by atoms with Crippen LogP contribution in [-0.2, 0) is 9.36 Å². The maximum absolute atomic E-state index is 10.3. The van der Waals surface area contributed by atoms with Crippen molar-refractivity contribution >= 4 is 13.6 Å². The first-order chi connectivity index (χ1) is 4.87. The molecule has 7 heteroatoms. The average Bonchev–Trinajstić information content (AvgIpc) is 1.80. The number of nitrogens with one attached hydrogen (secondary N) is 1. The van der Waals surface area contributed by atoms with E-state index in [-0.39, 0.29) is 0 Å². The van der Waals surface area contributed by atoms with E-state index in [1.807, 2.05) is 0 Å². The molecule has 6 nitrogen and oxygen atoms in total. The second-order valence-corrected chi connectivity index (χ2v) is 3.72. The minimum Gasteiger partial charge on any atom is -0.480 e. The molecule has 11 heavy (non-hydrogen) atoms. The number of aliphatic carboxylic acids is 1. The van der Waals surface area contributed by atoms with Gasteiger partial charge in [-0.2, -0.15) is 0 Å². The summed E-state index contributed by atoms with van der Waals surface area (Å²) in [6.45, 7) is 0. The zero-order valence-electron chi connectivity index (χ0n) is 5.89. The van der Waals surface area contributed by atoms with E-state index in [9.17, 15) is 9.36 Å². The van der Waals surface area contributed by atoms with Gasteiger partial charge in [-0.25, -0.2) is 0 Å². The van der Waals surface area contributed by atoms with Crippen molar-refractivity contribution in [1.29, 1.82) is 0 Å². The van der Waals surface area contributed by atoms with Gasteiger partial charge in [0.1, 0.15) is 6.04 Å². The monoisotopic (exact) mass is 183 g/mol. The molecule has 0 aliphatic heterocycles. The molecule has 0 bridgehead atoms. The Bertz CT molecular complexity index is 187. The van der Waals surface area contributed by atoms with Crippen LogP contribution >= 0.6 is 7.60 Å². The molecule has 0 amide bonds. The lowest BCUT2D eigenvalue weighted by atomic mass is 10.3. The molecule has 66 valence electrons. The van der Waals surface area contributed by atoms with Gasteiger partial charge in [-0.15, -0.1) is 0 Å². The first kappa shape index (κ1) is 10.6. The van der Waals surface area contributed by atoms with Crippen LogP contribution < -0.4 is 5.32 Å². The molecule has 0 aromatic rings. The van der Waals surface area contributed by atoms with Gasteiger partial charge < -0.3 is 20.2 Å². The van der Waals surface area contributed by atoms with Crippen molar-refractivity contribution in [3.05, 3.63) is 0 Å². The van der Waals surface area contributed by atoms with Crippen LogP contribution in [0.5, 0.6) is 0 Å². The first-order valence-corrected chi connectivity index (χ1v) is 4.61. The van der Waals surface area contributed by atoms with Crippen molar-refractivity contribution < 1.29 is 24.3 Å². The maximum atomic E-state index is 10.3. The Morgan fingerprint density at radius 1 is 1.64 bits per heavy atom. The highest BCUT2D eigenvalue weighted by molar-refractivity contribution is 7.51. The Balaban J connectivity index is 4.10. The molecule has 4 N–H and O–H groups in total. The second kappa shape index (κ2) is 3.82. The van der Waals surface area contributed by atoms with E-state index in [0.717, 1.165) is 0 Å². The van der Waals surface area contributed by atoms with Crippen LogP contribution in [0.25, 0.3) is 0 Å². The number of hydrogen-bond donors (Lipinski definition) is 4. The molecular weight excluding hydrogens is 173 g/mol. The third kappa shape index (κ3) is 4.92. The van der Waals surface area contributed by atoms with E-state index in [2.05, 4.69) is 5.32 Å².